The van der Waals surface area contributed by atoms with E-state index in [1.807, 2.05) is 56.2 Å². The Morgan fingerprint density at radius 3 is 2.61 bits per heavy atom. The zero-order valence-corrected chi connectivity index (χ0v) is 11.4. The molecule has 2 rings (SSSR count). The van der Waals surface area contributed by atoms with Gasteiger partial charge in [0, 0.05) is 47.5 Å². The van der Waals surface area contributed by atoms with E-state index in [1.54, 1.807) is 0 Å². The topological polar surface area (TPSA) is 50.9 Å². The van der Waals surface area contributed by atoms with Gasteiger partial charge in [-0.05, 0) is 6.07 Å². The Kier molecular flexibility index (Phi) is 3.66. The van der Waals surface area contributed by atoms with Gasteiger partial charge in [-0.1, -0.05) is 0 Å². The van der Waals surface area contributed by atoms with Crippen LogP contribution >= 0.6 is 0 Å². The van der Waals surface area contributed by atoms with Crippen LogP contribution in [0.15, 0.2) is 18.5 Å². The van der Waals surface area contributed by atoms with Crippen molar-refractivity contribution in [2.75, 3.05) is 19.0 Å². The average Bonchev–Trinajstić information content (AvgIpc) is 2.87. The third-order valence-corrected chi connectivity index (χ3v) is 2.84. The van der Waals surface area contributed by atoms with Crippen molar-refractivity contribution in [3.05, 3.63) is 29.8 Å². The number of aromatic nitrogens is 4. The molecule has 0 atom stereocenters. The highest BCUT2D eigenvalue weighted by Crippen LogP contribution is 2.10. The maximum atomic E-state index is 4.37. The number of nitrogens with one attached hydrogen (secondary N) is 1. The molecule has 0 aliphatic carbocycles. The minimum Gasteiger partial charge on any atom is -0.348 e. The molecule has 6 nitrogen and oxygen atoms in total. The third-order valence-electron chi connectivity index (χ3n) is 2.84. The molecule has 0 fully saturated rings. The van der Waals surface area contributed by atoms with Crippen LogP contribution in [0.2, 0.25) is 0 Å². The molecule has 0 aliphatic heterocycles. The first kappa shape index (κ1) is 12.6. The molecule has 0 unspecified atom stereocenters. The van der Waals surface area contributed by atoms with E-state index in [4.69, 9.17) is 0 Å². The summed E-state index contributed by atoms with van der Waals surface area (Å²) in [6.45, 7) is 1.55. The van der Waals surface area contributed by atoms with Gasteiger partial charge in [-0.15, -0.1) is 0 Å². The molecule has 98 valence electrons. The monoisotopic (exact) mass is 248 g/mol. The average molecular weight is 248 g/mol. The number of aryl methyl sites for hydroxylation is 1. The second-order valence-electron chi connectivity index (χ2n) is 4.59. The van der Waals surface area contributed by atoms with Crippen molar-refractivity contribution in [1.29, 1.82) is 0 Å². The summed E-state index contributed by atoms with van der Waals surface area (Å²) >= 11 is 0. The lowest BCUT2D eigenvalue weighted by molar-refractivity contribution is 0.631. The lowest BCUT2D eigenvalue weighted by Crippen LogP contribution is -2.18. The van der Waals surface area contributed by atoms with Crippen LogP contribution in [-0.2, 0) is 27.2 Å². The van der Waals surface area contributed by atoms with E-state index in [0.717, 1.165) is 30.4 Å². The van der Waals surface area contributed by atoms with Crippen LogP contribution in [0.5, 0.6) is 0 Å². The lowest BCUT2D eigenvalue weighted by Gasteiger charge is -2.12. The SMILES string of the molecule is CN(C)c1ncc(CNCc2ccn(C)n2)n1C. The van der Waals surface area contributed by atoms with Crippen molar-refractivity contribution < 1.29 is 0 Å². The first-order chi connectivity index (χ1) is 8.58. The molecule has 0 aromatic carbocycles. The van der Waals surface area contributed by atoms with Crippen LogP contribution in [0.1, 0.15) is 11.4 Å². The van der Waals surface area contributed by atoms with E-state index >= 15 is 0 Å². The lowest BCUT2D eigenvalue weighted by atomic mass is 10.4. The molecule has 0 bridgehead atoms. The molecule has 0 aliphatic rings. The summed E-state index contributed by atoms with van der Waals surface area (Å²) in [5.74, 6) is 0.963. The highest BCUT2D eigenvalue weighted by molar-refractivity contribution is 5.30. The molecule has 2 aromatic rings. The van der Waals surface area contributed by atoms with Gasteiger partial charge < -0.3 is 14.8 Å². The van der Waals surface area contributed by atoms with Gasteiger partial charge in [0.25, 0.3) is 0 Å². The number of hydrogen-bond donors (Lipinski definition) is 1. The highest BCUT2D eigenvalue weighted by Gasteiger charge is 2.07. The van der Waals surface area contributed by atoms with Crippen LogP contribution in [0.4, 0.5) is 5.95 Å². The first-order valence-electron chi connectivity index (χ1n) is 5.95. The molecule has 6 heteroatoms. The van der Waals surface area contributed by atoms with Crippen LogP contribution in [0, 0.1) is 0 Å². The smallest absolute Gasteiger partial charge is 0.204 e. The molecule has 0 saturated carbocycles. The Morgan fingerprint density at radius 2 is 2.06 bits per heavy atom. The van der Waals surface area contributed by atoms with Crippen molar-refractivity contribution in [1.82, 2.24) is 24.6 Å². The molecule has 0 radical (unpaired) electrons. The van der Waals surface area contributed by atoms with Crippen LogP contribution < -0.4 is 10.2 Å². The Balaban J connectivity index is 1.90. The fraction of sp³-hybridized carbons (Fsp3) is 0.500. The summed E-state index contributed by atoms with van der Waals surface area (Å²) < 4.78 is 3.90. The minimum atomic E-state index is 0.767. The van der Waals surface area contributed by atoms with Gasteiger partial charge >= 0.3 is 0 Å². The fourth-order valence-corrected chi connectivity index (χ4v) is 1.89. The number of hydrogen-bond acceptors (Lipinski definition) is 4. The van der Waals surface area contributed by atoms with Gasteiger partial charge in [0.1, 0.15) is 0 Å². The second kappa shape index (κ2) is 5.22. The first-order valence-corrected chi connectivity index (χ1v) is 5.95. The molecule has 2 heterocycles. The van der Waals surface area contributed by atoms with Gasteiger partial charge in [-0.2, -0.15) is 5.10 Å². The quantitative estimate of drug-likeness (QED) is 0.837. The highest BCUT2D eigenvalue weighted by atomic mass is 15.3. The van der Waals surface area contributed by atoms with E-state index in [2.05, 4.69) is 20.0 Å². The molecular formula is C12H20N6. The molecule has 0 amide bonds. The Bertz CT molecular complexity index is 510. The molecule has 18 heavy (non-hydrogen) atoms. The van der Waals surface area contributed by atoms with Crippen molar-refractivity contribution in [3.63, 3.8) is 0 Å². The van der Waals surface area contributed by atoms with Gasteiger partial charge in [0.15, 0.2) is 0 Å². The standard InChI is InChI=1S/C12H20N6/c1-16(2)12-14-9-11(18(12)4)8-13-7-10-5-6-17(3)15-10/h5-6,9,13H,7-8H2,1-4H3. The van der Waals surface area contributed by atoms with E-state index < -0.39 is 0 Å². The van der Waals surface area contributed by atoms with E-state index in [0.29, 0.717) is 0 Å². The summed E-state index contributed by atoms with van der Waals surface area (Å²) in [6, 6.07) is 2.02. The molecular weight excluding hydrogens is 228 g/mol. The maximum absolute atomic E-state index is 4.37. The van der Waals surface area contributed by atoms with Crippen LogP contribution in [-0.4, -0.2) is 33.4 Å². The molecule has 2 aromatic heterocycles. The van der Waals surface area contributed by atoms with Gasteiger partial charge in [0.05, 0.1) is 17.6 Å². The molecule has 1 N–H and O–H groups in total. The predicted molar refractivity (Wildman–Crippen MR) is 71.3 cm³/mol. The minimum absolute atomic E-state index is 0.767. The Morgan fingerprint density at radius 1 is 1.28 bits per heavy atom. The van der Waals surface area contributed by atoms with Gasteiger partial charge in [-0.25, -0.2) is 4.98 Å². The zero-order valence-electron chi connectivity index (χ0n) is 11.4. The van der Waals surface area contributed by atoms with Crippen molar-refractivity contribution in [2.45, 2.75) is 13.1 Å². The van der Waals surface area contributed by atoms with E-state index in [-0.39, 0.29) is 0 Å². The van der Waals surface area contributed by atoms with Crippen LogP contribution in [0.25, 0.3) is 0 Å². The summed E-state index contributed by atoms with van der Waals surface area (Å²) in [5, 5.41) is 7.69. The predicted octanol–water partition coefficient (Wildman–Crippen LogP) is 0.509. The van der Waals surface area contributed by atoms with Crippen molar-refractivity contribution in [2.24, 2.45) is 14.1 Å². The van der Waals surface area contributed by atoms with Crippen LogP contribution in [0.3, 0.4) is 0 Å². The fourth-order valence-electron chi connectivity index (χ4n) is 1.89. The number of rotatable bonds is 5. The largest absolute Gasteiger partial charge is 0.348 e. The van der Waals surface area contributed by atoms with E-state index in [1.165, 1.54) is 0 Å². The summed E-state index contributed by atoms with van der Waals surface area (Å²) in [5.41, 5.74) is 2.21. The number of anilines is 1. The normalized spacial score (nSPS) is 10.9. The summed E-state index contributed by atoms with van der Waals surface area (Å²) in [6.07, 6.45) is 3.85. The van der Waals surface area contributed by atoms with Crippen molar-refractivity contribution in [3.8, 4) is 0 Å². The Hall–Kier alpha value is -1.82. The van der Waals surface area contributed by atoms with Crippen molar-refractivity contribution >= 4 is 5.95 Å². The van der Waals surface area contributed by atoms with Gasteiger partial charge in [-0.3, -0.25) is 4.68 Å². The van der Waals surface area contributed by atoms with Gasteiger partial charge in [0.2, 0.25) is 5.95 Å². The summed E-state index contributed by atoms with van der Waals surface area (Å²) in [7, 11) is 7.94. The summed E-state index contributed by atoms with van der Waals surface area (Å²) in [4.78, 5) is 6.38. The molecule has 0 spiro atoms. The zero-order chi connectivity index (χ0) is 13.1. The third kappa shape index (κ3) is 2.70. The second-order valence-corrected chi connectivity index (χ2v) is 4.59. The maximum Gasteiger partial charge on any atom is 0.204 e. The number of imidazole rings is 1. The Labute approximate surface area is 107 Å². The molecule has 0 saturated heterocycles. The van der Waals surface area contributed by atoms with E-state index in [9.17, 15) is 0 Å². The number of nitrogens with zero attached hydrogens (tertiary/aromatic N) is 5.